The minimum atomic E-state index is 0.150. The first-order valence-electron chi connectivity index (χ1n) is 4.51. The second kappa shape index (κ2) is 5.81. The summed E-state index contributed by atoms with van der Waals surface area (Å²) in [5.41, 5.74) is 1.85. The molecule has 0 aliphatic heterocycles. The van der Waals surface area contributed by atoms with Crippen LogP contribution in [0.15, 0.2) is 11.3 Å². The van der Waals surface area contributed by atoms with E-state index in [1.54, 1.807) is 6.92 Å². The summed E-state index contributed by atoms with van der Waals surface area (Å²) in [4.78, 5) is 10.9. The van der Waals surface area contributed by atoms with Gasteiger partial charge in [0.05, 0.1) is 0 Å². The van der Waals surface area contributed by atoms with Gasteiger partial charge in [-0.1, -0.05) is 13.3 Å². The Bertz CT molecular complexity index is 182. The smallest absolute Gasteiger partial charge is 0.157 e. The van der Waals surface area contributed by atoms with Crippen LogP contribution in [0.3, 0.4) is 0 Å². The monoisotopic (exact) mass is 169 g/mol. The zero-order valence-electron chi connectivity index (χ0n) is 8.53. The van der Waals surface area contributed by atoms with E-state index in [1.165, 1.54) is 6.42 Å². The molecule has 0 amide bonds. The lowest BCUT2D eigenvalue weighted by molar-refractivity contribution is -0.113. The molecule has 0 aliphatic rings. The van der Waals surface area contributed by atoms with Gasteiger partial charge in [-0.2, -0.15) is 0 Å². The second-order valence-electron chi connectivity index (χ2n) is 3.09. The summed E-state index contributed by atoms with van der Waals surface area (Å²) in [5, 5.41) is 3.22. The molecule has 0 aromatic carbocycles. The average Bonchev–Trinajstić information content (AvgIpc) is 2.03. The van der Waals surface area contributed by atoms with Gasteiger partial charge in [0.15, 0.2) is 5.78 Å². The van der Waals surface area contributed by atoms with E-state index in [4.69, 9.17) is 0 Å². The van der Waals surface area contributed by atoms with Crippen molar-refractivity contribution in [2.24, 2.45) is 0 Å². The highest BCUT2D eigenvalue weighted by atomic mass is 16.1. The van der Waals surface area contributed by atoms with Crippen molar-refractivity contribution < 1.29 is 4.79 Å². The molecule has 70 valence electrons. The number of nitrogens with one attached hydrogen (secondary N) is 1. The Balaban J connectivity index is 3.91. The van der Waals surface area contributed by atoms with E-state index in [9.17, 15) is 4.79 Å². The molecule has 0 saturated carbocycles. The minimum absolute atomic E-state index is 0.150. The van der Waals surface area contributed by atoms with Gasteiger partial charge in [-0.3, -0.25) is 4.79 Å². The quantitative estimate of drug-likeness (QED) is 0.505. The number of hydrogen-bond acceptors (Lipinski definition) is 2. The predicted octanol–water partition coefficient (Wildman–Crippen LogP) is 2.26. The van der Waals surface area contributed by atoms with Crippen LogP contribution in [0.2, 0.25) is 0 Å². The lowest BCUT2D eigenvalue weighted by Gasteiger charge is -2.07. The van der Waals surface area contributed by atoms with Crippen LogP contribution >= 0.6 is 0 Å². The maximum Gasteiger partial charge on any atom is 0.157 e. The summed E-state index contributed by atoms with van der Waals surface area (Å²) in [7, 11) is 0. The van der Waals surface area contributed by atoms with Gasteiger partial charge >= 0.3 is 0 Å². The van der Waals surface area contributed by atoms with Crippen LogP contribution in [0.1, 0.15) is 40.5 Å². The van der Waals surface area contributed by atoms with Crippen LogP contribution in [0.25, 0.3) is 0 Å². The van der Waals surface area contributed by atoms with Crippen molar-refractivity contribution in [1.82, 2.24) is 5.32 Å². The van der Waals surface area contributed by atoms with Crippen molar-refractivity contribution in [2.75, 3.05) is 6.54 Å². The molecule has 0 unspecified atom stereocenters. The van der Waals surface area contributed by atoms with Gasteiger partial charge < -0.3 is 5.32 Å². The largest absolute Gasteiger partial charge is 0.388 e. The van der Waals surface area contributed by atoms with Crippen LogP contribution in [-0.4, -0.2) is 12.3 Å². The van der Waals surface area contributed by atoms with Gasteiger partial charge in [-0.15, -0.1) is 0 Å². The van der Waals surface area contributed by atoms with Crippen LogP contribution in [0.4, 0.5) is 0 Å². The highest BCUT2D eigenvalue weighted by molar-refractivity contribution is 5.93. The second-order valence-corrected chi connectivity index (χ2v) is 3.09. The normalized spacial score (nSPS) is 12.3. The molecule has 0 spiro atoms. The Kier molecular flexibility index (Phi) is 5.43. The van der Waals surface area contributed by atoms with Gasteiger partial charge in [0.2, 0.25) is 0 Å². The predicted molar refractivity (Wildman–Crippen MR) is 52.0 cm³/mol. The van der Waals surface area contributed by atoms with Crippen LogP contribution in [0.5, 0.6) is 0 Å². The Morgan fingerprint density at radius 3 is 2.25 bits per heavy atom. The molecule has 1 N–H and O–H groups in total. The van der Waals surface area contributed by atoms with Crippen LogP contribution in [0, 0.1) is 0 Å². The summed E-state index contributed by atoms with van der Waals surface area (Å²) < 4.78 is 0. The molecule has 12 heavy (non-hydrogen) atoms. The molecular formula is C10H19NO. The van der Waals surface area contributed by atoms with E-state index >= 15 is 0 Å². The van der Waals surface area contributed by atoms with E-state index in [0.717, 1.165) is 24.2 Å². The van der Waals surface area contributed by atoms with Crippen molar-refractivity contribution in [1.29, 1.82) is 0 Å². The van der Waals surface area contributed by atoms with Crippen molar-refractivity contribution in [3.05, 3.63) is 11.3 Å². The number of allylic oxidation sites excluding steroid dienone is 2. The van der Waals surface area contributed by atoms with E-state index < -0.39 is 0 Å². The zero-order valence-corrected chi connectivity index (χ0v) is 8.53. The number of rotatable bonds is 5. The molecular weight excluding hydrogens is 150 g/mol. The molecule has 0 bridgehead atoms. The van der Waals surface area contributed by atoms with Gasteiger partial charge in [-0.05, 0) is 27.2 Å². The summed E-state index contributed by atoms with van der Waals surface area (Å²) in [5.74, 6) is 0.150. The van der Waals surface area contributed by atoms with Crippen molar-refractivity contribution in [3.8, 4) is 0 Å². The standard InChI is InChI=1S/C10H19NO/c1-5-6-7-11-9(3)8(2)10(4)12/h11H,5-7H2,1-4H3/b9-8-. The van der Waals surface area contributed by atoms with Crippen LogP contribution in [-0.2, 0) is 4.79 Å². The first-order valence-corrected chi connectivity index (χ1v) is 4.51. The average molecular weight is 169 g/mol. The molecule has 0 rings (SSSR count). The van der Waals surface area contributed by atoms with Crippen molar-refractivity contribution in [3.63, 3.8) is 0 Å². The van der Waals surface area contributed by atoms with Gasteiger partial charge in [0.25, 0.3) is 0 Å². The van der Waals surface area contributed by atoms with E-state index in [-0.39, 0.29) is 5.78 Å². The minimum Gasteiger partial charge on any atom is -0.388 e. The molecule has 2 nitrogen and oxygen atoms in total. The van der Waals surface area contributed by atoms with Gasteiger partial charge in [0.1, 0.15) is 0 Å². The fraction of sp³-hybridized carbons (Fsp3) is 0.700. The molecule has 0 atom stereocenters. The lowest BCUT2D eigenvalue weighted by atomic mass is 10.2. The number of unbranched alkanes of at least 4 members (excludes halogenated alkanes) is 1. The number of ketones is 1. The summed E-state index contributed by atoms with van der Waals surface area (Å²) in [6, 6.07) is 0. The van der Waals surface area contributed by atoms with Gasteiger partial charge in [0, 0.05) is 17.8 Å². The number of carbonyl (C=O) groups is 1. The third-order valence-electron chi connectivity index (χ3n) is 2.01. The molecule has 0 fully saturated rings. The van der Waals surface area contributed by atoms with Gasteiger partial charge in [-0.25, -0.2) is 0 Å². The Labute approximate surface area is 75.0 Å². The third-order valence-corrected chi connectivity index (χ3v) is 2.01. The van der Waals surface area contributed by atoms with E-state index in [2.05, 4.69) is 12.2 Å². The summed E-state index contributed by atoms with van der Waals surface area (Å²) in [6.07, 6.45) is 2.34. The maximum atomic E-state index is 10.9. The summed E-state index contributed by atoms with van der Waals surface area (Å²) >= 11 is 0. The highest BCUT2D eigenvalue weighted by Gasteiger charge is 2.00. The molecule has 0 aromatic heterocycles. The Morgan fingerprint density at radius 1 is 1.25 bits per heavy atom. The number of Topliss-reactive ketones (excluding diaryl/α,β-unsaturated/α-hetero) is 1. The Morgan fingerprint density at radius 2 is 1.83 bits per heavy atom. The third kappa shape index (κ3) is 4.16. The maximum absolute atomic E-state index is 10.9. The van der Waals surface area contributed by atoms with Crippen molar-refractivity contribution >= 4 is 5.78 Å². The molecule has 0 heterocycles. The first-order chi connectivity index (χ1) is 5.59. The van der Waals surface area contributed by atoms with Crippen molar-refractivity contribution in [2.45, 2.75) is 40.5 Å². The topological polar surface area (TPSA) is 29.1 Å². The fourth-order valence-electron chi connectivity index (χ4n) is 0.849. The van der Waals surface area contributed by atoms with E-state index in [0.29, 0.717) is 0 Å². The lowest BCUT2D eigenvalue weighted by Crippen LogP contribution is -2.15. The molecule has 0 saturated heterocycles. The zero-order chi connectivity index (χ0) is 9.56. The van der Waals surface area contributed by atoms with Crippen LogP contribution < -0.4 is 5.32 Å². The first kappa shape index (κ1) is 11.2. The molecule has 0 aromatic rings. The fourth-order valence-corrected chi connectivity index (χ4v) is 0.849. The molecule has 0 aliphatic carbocycles. The Hall–Kier alpha value is -0.790. The summed E-state index contributed by atoms with van der Waals surface area (Å²) in [6.45, 7) is 8.52. The SMILES string of the molecule is CCCCN/C(C)=C(/C)C(C)=O. The molecule has 2 heteroatoms. The van der Waals surface area contributed by atoms with E-state index in [1.807, 2.05) is 13.8 Å². The molecule has 0 radical (unpaired) electrons. The number of hydrogen-bond donors (Lipinski definition) is 1. The number of carbonyl (C=O) groups excluding carboxylic acids is 1. The highest BCUT2D eigenvalue weighted by Crippen LogP contribution is 2.00.